The maximum absolute atomic E-state index is 13.5. The second kappa shape index (κ2) is 7.60. The third kappa shape index (κ3) is 3.45. The number of benzene rings is 2. The molecule has 0 radical (unpaired) electrons. The summed E-state index contributed by atoms with van der Waals surface area (Å²) < 4.78 is 1.80. The summed E-state index contributed by atoms with van der Waals surface area (Å²) in [5.74, 6) is 0.396. The molecule has 3 aromatic rings. The van der Waals surface area contributed by atoms with Crippen LogP contribution < -0.4 is 5.73 Å². The van der Waals surface area contributed by atoms with Crippen molar-refractivity contribution < 1.29 is 4.79 Å². The molecule has 0 aliphatic carbocycles. The summed E-state index contributed by atoms with van der Waals surface area (Å²) in [6.45, 7) is 5.47. The first kappa shape index (κ1) is 18.4. The van der Waals surface area contributed by atoms with Gasteiger partial charge in [0.15, 0.2) is 0 Å². The molecule has 2 heterocycles. The molecule has 0 bridgehead atoms. The smallest absolute Gasteiger partial charge is 0.257 e. The van der Waals surface area contributed by atoms with Gasteiger partial charge < -0.3 is 10.6 Å². The quantitative estimate of drug-likeness (QED) is 0.758. The highest BCUT2D eigenvalue weighted by atomic mass is 16.2. The number of hydrogen-bond acceptors (Lipinski definition) is 3. The fraction of sp³-hybridized carbons (Fsp3) is 0.304. The Hall–Kier alpha value is -2.92. The molecule has 144 valence electrons. The fourth-order valence-corrected chi connectivity index (χ4v) is 4.00. The van der Waals surface area contributed by atoms with Gasteiger partial charge in [0.05, 0.1) is 11.3 Å². The predicted octanol–water partition coefficient (Wildman–Crippen LogP) is 3.66. The monoisotopic (exact) mass is 374 g/mol. The summed E-state index contributed by atoms with van der Waals surface area (Å²) in [6, 6.07) is 18.2. The highest BCUT2D eigenvalue weighted by Gasteiger charge is 2.34. The van der Waals surface area contributed by atoms with Gasteiger partial charge in [0.1, 0.15) is 5.69 Å². The summed E-state index contributed by atoms with van der Waals surface area (Å²) in [4.78, 5) is 15.4. The zero-order valence-corrected chi connectivity index (χ0v) is 16.4. The summed E-state index contributed by atoms with van der Waals surface area (Å²) in [7, 11) is 0. The van der Waals surface area contributed by atoms with Gasteiger partial charge in [-0.15, -0.1) is 0 Å². The van der Waals surface area contributed by atoms with Crippen molar-refractivity contribution in [2.75, 3.05) is 13.1 Å². The van der Waals surface area contributed by atoms with Crippen LogP contribution in [0.2, 0.25) is 0 Å². The maximum atomic E-state index is 13.5. The van der Waals surface area contributed by atoms with Crippen molar-refractivity contribution in [3.8, 4) is 16.9 Å². The van der Waals surface area contributed by atoms with Gasteiger partial charge in [-0.05, 0) is 50.9 Å². The Kier molecular flexibility index (Phi) is 5.01. The molecule has 2 N–H and O–H groups in total. The van der Waals surface area contributed by atoms with E-state index in [0.717, 1.165) is 28.9 Å². The number of para-hydroxylation sites is 1. The van der Waals surface area contributed by atoms with E-state index in [2.05, 4.69) is 13.0 Å². The average molecular weight is 374 g/mol. The fourth-order valence-electron chi connectivity index (χ4n) is 4.00. The van der Waals surface area contributed by atoms with Crippen LogP contribution >= 0.6 is 0 Å². The molecular weight excluding hydrogens is 348 g/mol. The van der Waals surface area contributed by atoms with Gasteiger partial charge in [0.25, 0.3) is 5.91 Å². The lowest BCUT2D eigenvalue weighted by Crippen LogP contribution is -2.34. The van der Waals surface area contributed by atoms with E-state index in [-0.39, 0.29) is 11.9 Å². The summed E-state index contributed by atoms with van der Waals surface area (Å²) in [5.41, 5.74) is 10.3. The normalized spacial score (nSPS) is 19.2. The van der Waals surface area contributed by atoms with Crippen LogP contribution in [-0.2, 0) is 0 Å². The maximum Gasteiger partial charge on any atom is 0.257 e. The van der Waals surface area contributed by atoms with Crippen molar-refractivity contribution >= 4 is 5.91 Å². The molecule has 2 atom stereocenters. The second-order valence-electron chi connectivity index (χ2n) is 7.68. The topological polar surface area (TPSA) is 64.2 Å². The Labute approximate surface area is 165 Å². The number of likely N-dealkylation sites (tertiary alicyclic amines) is 1. The van der Waals surface area contributed by atoms with Gasteiger partial charge in [-0.3, -0.25) is 4.79 Å². The largest absolute Gasteiger partial charge is 0.335 e. The highest BCUT2D eigenvalue weighted by molar-refractivity contribution is 6.00. The minimum Gasteiger partial charge on any atom is -0.335 e. The van der Waals surface area contributed by atoms with Crippen LogP contribution in [0.1, 0.15) is 29.3 Å². The minimum absolute atomic E-state index is 0.0298. The standard InChI is InChI=1S/C23H26N4O/c1-16-7-6-8-19(11-16)22-21(15-27(25-22)20-9-4-3-5-10-20)23(28)26-14-18(13-24)12-17(26)2/h3-11,15,17-18H,12-14,24H2,1-2H3. The Balaban J connectivity index is 1.79. The van der Waals surface area contributed by atoms with E-state index in [1.54, 1.807) is 4.68 Å². The Morgan fingerprint density at radius 1 is 1.18 bits per heavy atom. The third-order valence-electron chi connectivity index (χ3n) is 5.51. The van der Waals surface area contributed by atoms with E-state index in [1.807, 2.05) is 66.6 Å². The molecular formula is C23H26N4O. The average Bonchev–Trinajstić information content (AvgIpc) is 3.32. The van der Waals surface area contributed by atoms with Crippen LogP contribution in [0.4, 0.5) is 0 Å². The first-order chi connectivity index (χ1) is 13.6. The first-order valence-electron chi connectivity index (χ1n) is 9.80. The molecule has 4 rings (SSSR count). The van der Waals surface area contributed by atoms with Crippen LogP contribution in [0.15, 0.2) is 60.8 Å². The van der Waals surface area contributed by atoms with E-state index in [4.69, 9.17) is 10.8 Å². The lowest BCUT2D eigenvalue weighted by Gasteiger charge is -2.21. The zero-order chi connectivity index (χ0) is 19.7. The number of nitrogens with two attached hydrogens (primary N) is 1. The van der Waals surface area contributed by atoms with Crippen molar-refractivity contribution in [1.82, 2.24) is 14.7 Å². The summed E-state index contributed by atoms with van der Waals surface area (Å²) >= 11 is 0. The van der Waals surface area contributed by atoms with Crippen molar-refractivity contribution in [2.24, 2.45) is 11.7 Å². The molecule has 1 fully saturated rings. The van der Waals surface area contributed by atoms with Crippen LogP contribution in [0, 0.1) is 12.8 Å². The number of rotatable bonds is 4. The molecule has 1 aliphatic rings. The van der Waals surface area contributed by atoms with E-state index < -0.39 is 0 Å². The third-order valence-corrected chi connectivity index (χ3v) is 5.51. The van der Waals surface area contributed by atoms with E-state index in [0.29, 0.717) is 24.6 Å². The molecule has 28 heavy (non-hydrogen) atoms. The predicted molar refractivity (Wildman–Crippen MR) is 111 cm³/mol. The van der Waals surface area contributed by atoms with Gasteiger partial charge in [0.2, 0.25) is 0 Å². The minimum atomic E-state index is 0.0298. The SMILES string of the molecule is Cc1cccc(-c2nn(-c3ccccc3)cc2C(=O)N2CC(CN)CC2C)c1. The molecule has 2 unspecified atom stereocenters. The summed E-state index contributed by atoms with van der Waals surface area (Å²) in [5, 5.41) is 4.79. The summed E-state index contributed by atoms with van der Waals surface area (Å²) in [6.07, 6.45) is 2.81. The zero-order valence-electron chi connectivity index (χ0n) is 16.4. The lowest BCUT2D eigenvalue weighted by atomic mass is 10.0. The number of nitrogens with zero attached hydrogens (tertiary/aromatic N) is 3. The van der Waals surface area contributed by atoms with Crippen molar-refractivity contribution in [1.29, 1.82) is 0 Å². The number of carbonyl (C=O) groups is 1. The van der Waals surface area contributed by atoms with Crippen molar-refractivity contribution in [3.05, 3.63) is 71.9 Å². The molecule has 0 saturated carbocycles. The number of aryl methyl sites for hydroxylation is 1. The molecule has 0 spiro atoms. The van der Waals surface area contributed by atoms with E-state index in [9.17, 15) is 4.79 Å². The number of carbonyl (C=O) groups excluding carboxylic acids is 1. The van der Waals surface area contributed by atoms with Crippen LogP contribution in [-0.4, -0.2) is 39.7 Å². The Morgan fingerprint density at radius 3 is 2.64 bits per heavy atom. The number of hydrogen-bond donors (Lipinski definition) is 1. The van der Waals surface area contributed by atoms with Gasteiger partial charge in [-0.2, -0.15) is 5.10 Å². The molecule has 1 aromatic heterocycles. The molecule has 5 nitrogen and oxygen atoms in total. The lowest BCUT2D eigenvalue weighted by molar-refractivity contribution is 0.0744. The van der Waals surface area contributed by atoms with Gasteiger partial charge in [0, 0.05) is 24.3 Å². The molecule has 5 heteroatoms. The van der Waals surface area contributed by atoms with E-state index in [1.165, 1.54) is 0 Å². The van der Waals surface area contributed by atoms with Gasteiger partial charge >= 0.3 is 0 Å². The van der Waals surface area contributed by atoms with Gasteiger partial charge in [-0.1, -0.05) is 42.0 Å². The molecule has 1 aliphatic heterocycles. The molecule has 1 saturated heterocycles. The first-order valence-corrected chi connectivity index (χ1v) is 9.80. The molecule has 1 amide bonds. The van der Waals surface area contributed by atoms with Gasteiger partial charge in [-0.25, -0.2) is 4.68 Å². The number of amides is 1. The van der Waals surface area contributed by atoms with Crippen LogP contribution in [0.25, 0.3) is 16.9 Å². The van der Waals surface area contributed by atoms with Crippen LogP contribution in [0.3, 0.4) is 0 Å². The highest BCUT2D eigenvalue weighted by Crippen LogP contribution is 2.29. The van der Waals surface area contributed by atoms with Crippen molar-refractivity contribution in [3.63, 3.8) is 0 Å². The Bertz CT molecular complexity index is 979. The number of aromatic nitrogens is 2. The van der Waals surface area contributed by atoms with E-state index >= 15 is 0 Å². The second-order valence-corrected chi connectivity index (χ2v) is 7.68. The van der Waals surface area contributed by atoms with Crippen LogP contribution in [0.5, 0.6) is 0 Å². The Morgan fingerprint density at radius 2 is 1.96 bits per heavy atom. The molecule has 2 aromatic carbocycles. The van der Waals surface area contributed by atoms with Crippen molar-refractivity contribution in [2.45, 2.75) is 26.3 Å².